The summed E-state index contributed by atoms with van der Waals surface area (Å²) in [4.78, 5) is 26.1. The molecule has 0 aromatic rings. The Labute approximate surface area is 127 Å². The van der Waals surface area contributed by atoms with Gasteiger partial charge in [-0.3, -0.25) is 9.59 Å². The molecule has 2 aliphatic rings. The van der Waals surface area contributed by atoms with Crippen molar-refractivity contribution in [2.45, 2.75) is 65.2 Å². The van der Waals surface area contributed by atoms with E-state index in [2.05, 4.69) is 6.92 Å². The van der Waals surface area contributed by atoms with E-state index in [1.807, 2.05) is 11.8 Å². The third-order valence-corrected chi connectivity index (χ3v) is 5.58. The maximum absolute atomic E-state index is 12.6. The van der Waals surface area contributed by atoms with Gasteiger partial charge in [0.25, 0.3) is 0 Å². The molecule has 0 bridgehead atoms. The van der Waals surface area contributed by atoms with Crippen LogP contribution < -0.4 is 0 Å². The zero-order valence-electron chi connectivity index (χ0n) is 13.4. The Hall–Kier alpha value is -1.06. The van der Waals surface area contributed by atoms with Crippen LogP contribution in [0.5, 0.6) is 0 Å². The van der Waals surface area contributed by atoms with Crippen LogP contribution in [0.4, 0.5) is 0 Å². The highest BCUT2D eigenvalue weighted by molar-refractivity contribution is 5.80. The van der Waals surface area contributed by atoms with E-state index in [1.165, 1.54) is 0 Å². The van der Waals surface area contributed by atoms with Gasteiger partial charge in [-0.05, 0) is 50.9 Å². The molecule has 1 amide bonds. The van der Waals surface area contributed by atoms with Crippen LogP contribution in [-0.4, -0.2) is 35.0 Å². The number of piperidine rings is 1. The number of rotatable bonds is 4. The smallest absolute Gasteiger partial charge is 0.309 e. The van der Waals surface area contributed by atoms with Crippen molar-refractivity contribution < 1.29 is 14.7 Å². The number of hydrogen-bond acceptors (Lipinski definition) is 2. The summed E-state index contributed by atoms with van der Waals surface area (Å²) in [5, 5.41) is 9.52. The minimum Gasteiger partial charge on any atom is -0.481 e. The summed E-state index contributed by atoms with van der Waals surface area (Å²) in [6, 6.07) is 0. The van der Waals surface area contributed by atoms with Crippen molar-refractivity contribution in [3.8, 4) is 0 Å². The standard InChI is InChI=1S/C17H29NO3/c1-3-8-17(16(20)21)9-11-18(12-10-17)15(19)14-6-4-13(2)5-7-14/h13-14H,3-12H2,1-2H3,(H,20,21). The predicted molar refractivity (Wildman–Crippen MR) is 81.9 cm³/mol. The second-order valence-electron chi connectivity index (χ2n) is 7.12. The number of nitrogens with zero attached hydrogens (tertiary/aromatic N) is 1. The number of hydrogen-bond donors (Lipinski definition) is 1. The first-order valence-corrected chi connectivity index (χ1v) is 8.50. The lowest BCUT2D eigenvalue weighted by molar-refractivity contribution is -0.156. The van der Waals surface area contributed by atoms with Crippen LogP contribution >= 0.6 is 0 Å². The molecule has 1 saturated carbocycles. The van der Waals surface area contributed by atoms with E-state index in [1.54, 1.807) is 0 Å². The number of amides is 1. The molecule has 2 rings (SSSR count). The van der Waals surface area contributed by atoms with Crippen LogP contribution in [0.15, 0.2) is 0 Å². The molecule has 1 saturated heterocycles. The highest BCUT2D eigenvalue weighted by atomic mass is 16.4. The molecule has 0 aromatic carbocycles. The van der Waals surface area contributed by atoms with Crippen molar-refractivity contribution in [3.05, 3.63) is 0 Å². The van der Waals surface area contributed by atoms with Gasteiger partial charge in [0.15, 0.2) is 0 Å². The Morgan fingerprint density at radius 2 is 1.71 bits per heavy atom. The highest BCUT2D eigenvalue weighted by Gasteiger charge is 2.42. The SMILES string of the molecule is CCCC1(C(=O)O)CCN(C(=O)C2CCC(C)CC2)CC1. The van der Waals surface area contributed by atoms with Gasteiger partial charge >= 0.3 is 5.97 Å². The Kier molecular flexibility index (Phi) is 5.28. The lowest BCUT2D eigenvalue weighted by Gasteiger charge is -2.40. The number of aliphatic carboxylic acids is 1. The number of carbonyl (C=O) groups is 2. The van der Waals surface area contributed by atoms with E-state index in [0.29, 0.717) is 25.9 Å². The van der Waals surface area contributed by atoms with Gasteiger partial charge in [0.05, 0.1) is 5.41 Å². The summed E-state index contributed by atoms with van der Waals surface area (Å²) in [6.45, 7) is 5.54. The van der Waals surface area contributed by atoms with E-state index < -0.39 is 11.4 Å². The molecule has 4 heteroatoms. The summed E-state index contributed by atoms with van der Waals surface area (Å²) in [5.74, 6) is 0.532. The normalized spacial score (nSPS) is 29.1. The van der Waals surface area contributed by atoms with Crippen LogP contribution in [0.2, 0.25) is 0 Å². The minimum absolute atomic E-state index is 0.185. The lowest BCUT2D eigenvalue weighted by atomic mass is 9.74. The molecule has 1 aliphatic heterocycles. The van der Waals surface area contributed by atoms with Crippen molar-refractivity contribution in [2.75, 3.05) is 13.1 Å². The van der Waals surface area contributed by atoms with Crippen molar-refractivity contribution in [1.29, 1.82) is 0 Å². The van der Waals surface area contributed by atoms with Crippen molar-refractivity contribution >= 4 is 11.9 Å². The maximum atomic E-state index is 12.6. The summed E-state index contributed by atoms with van der Waals surface area (Å²) in [7, 11) is 0. The first kappa shape index (κ1) is 16.3. The number of carboxylic acids is 1. The first-order valence-electron chi connectivity index (χ1n) is 8.50. The van der Waals surface area contributed by atoms with E-state index in [4.69, 9.17) is 0 Å². The van der Waals surface area contributed by atoms with E-state index in [0.717, 1.165) is 44.4 Å². The molecule has 0 radical (unpaired) electrons. The van der Waals surface area contributed by atoms with Crippen molar-refractivity contribution in [2.24, 2.45) is 17.3 Å². The van der Waals surface area contributed by atoms with Gasteiger partial charge in [-0.15, -0.1) is 0 Å². The maximum Gasteiger partial charge on any atom is 0.309 e. The fourth-order valence-corrected chi connectivity index (χ4v) is 3.97. The average Bonchev–Trinajstić information content (AvgIpc) is 2.48. The number of likely N-dealkylation sites (tertiary alicyclic amines) is 1. The molecular weight excluding hydrogens is 266 g/mol. The van der Waals surface area contributed by atoms with Gasteiger partial charge in [-0.1, -0.05) is 20.3 Å². The molecule has 0 spiro atoms. The molecule has 1 N–H and O–H groups in total. The van der Waals surface area contributed by atoms with Gasteiger partial charge in [0, 0.05) is 19.0 Å². The molecule has 1 aliphatic carbocycles. The number of carboxylic acid groups (broad SMARTS) is 1. The fourth-order valence-electron chi connectivity index (χ4n) is 3.97. The van der Waals surface area contributed by atoms with Crippen molar-refractivity contribution in [3.63, 3.8) is 0 Å². The largest absolute Gasteiger partial charge is 0.481 e. The monoisotopic (exact) mass is 295 g/mol. The molecule has 2 fully saturated rings. The third kappa shape index (κ3) is 3.58. The van der Waals surface area contributed by atoms with Crippen molar-refractivity contribution in [1.82, 2.24) is 4.90 Å². The average molecular weight is 295 g/mol. The van der Waals surface area contributed by atoms with Gasteiger partial charge in [-0.2, -0.15) is 0 Å². The summed E-state index contributed by atoms with van der Waals surface area (Å²) in [5.41, 5.74) is -0.591. The molecule has 120 valence electrons. The molecular formula is C17H29NO3. The Balaban J connectivity index is 1.91. The zero-order valence-corrected chi connectivity index (χ0v) is 13.4. The van der Waals surface area contributed by atoms with Crippen LogP contribution in [0.25, 0.3) is 0 Å². The minimum atomic E-state index is -0.678. The van der Waals surface area contributed by atoms with Gasteiger partial charge in [-0.25, -0.2) is 0 Å². The Morgan fingerprint density at radius 1 is 1.14 bits per heavy atom. The molecule has 0 atom stereocenters. The van der Waals surface area contributed by atoms with Crippen LogP contribution in [0, 0.1) is 17.3 Å². The van der Waals surface area contributed by atoms with Gasteiger partial charge < -0.3 is 10.0 Å². The Morgan fingerprint density at radius 3 is 2.19 bits per heavy atom. The van der Waals surface area contributed by atoms with Gasteiger partial charge in [0.2, 0.25) is 5.91 Å². The Bertz CT molecular complexity index is 377. The molecule has 4 nitrogen and oxygen atoms in total. The zero-order chi connectivity index (χ0) is 15.5. The highest BCUT2D eigenvalue weighted by Crippen LogP contribution is 2.38. The van der Waals surface area contributed by atoms with E-state index in [9.17, 15) is 14.7 Å². The van der Waals surface area contributed by atoms with Crippen LogP contribution in [-0.2, 0) is 9.59 Å². The molecule has 21 heavy (non-hydrogen) atoms. The first-order chi connectivity index (χ1) is 9.98. The molecule has 0 unspecified atom stereocenters. The number of carbonyl (C=O) groups excluding carboxylic acids is 1. The summed E-state index contributed by atoms with van der Waals surface area (Å²) < 4.78 is 0. The third-order valence-electron chi connectivity index (χ3n) is 5.58. The lowest BCUT2D eigenvalue weighted by Crippen LogP contribution is -2.48. The van der Waals surface area contributed by atoms with E-state index >= 15 is 0 Å². The second-order valence-corrected chi connectivity index (χ2v) is 7.12. The summed E-state index contributed by atoms with van der Waals surface area (Å²) >= 11 is 0. The quantitative estimate of drug-likeness (QED) is 0.865. The molecule has 0 aromatic heterocycles. The van der Waals surface area contributed by atoms with Gasteiger partial charge in [0.1, 0.15) is 0 Å². The fraction of sp³-hybridized carbons (Fsp3) is 0.882. The predicted octanol–water partition coefficient (Wildman–Crippen LogP) is 3.31. The van der Waals surface area contributed by atoms with Crippen LogP contribution in [0.1, 0.15) is 65.2 Å². The van der Waals surface area contributed by atoms with E-state index in [-0.39, 0.29) is 11.8 Å². The summed E-state index contributed by atoms with van der Waals surface area (Å²) in [6.07, 6.45) is 7.17. The second kappa shape index (κ2) is 6.80. The topological polar surface area (TPSA) is 57.6 Å². The van der Waals surface area contributed by atoms with Crippen LogP contribution in [0.3, 0.4) is 0 Å². The molecule has 1 heterocycles.